The molecule has 0 spiro atoms. The van der Waals surface area contributed by atoms with Crippen LogP contribution in [0.5, 0.6) is 11.5 Å². The van der Waals surface area contributed by atoms with Gasteiger partial charge in [0.05, 0.1) is 16.5 Å². The van der Waals surface area contributed by atoms with E-state index in [2.05, 4.69) is 10.6 Å². The fraction of sp³-hybridized carbons (Fsp3) is 0.425. The fourth-order valence-electron chi connectivity index (χ4n) is 6.55. The largest absolute Gasteiger partial charge is 0.490 e. The van der Waals surface area contributed by atoms with E-state index >= 15 is 0 Å². The van der Waals surface area contributed by atoms with Crippen molar-refractivity contribution in [3.05, 3.63) is 98.5 Å². The summed E-state index contributed by atoms with van der Waals surface area (Å²) in [6.45, 7) is 10.6. The highest BCUT2D eigenvalue weighted by Crippen LogP contribution is 2.35. The molecule has 3 atom stereocenters. The smallest absolute Gasteiger partial charge is 0.309 e. The molecule has 5 rings (SSSR count). The lowest BCUT2D eigenvalue weighted by atomic mass is 9.82. The third-order valence-electron chi connectivity index (χ3n) is 9.77. The van der Waals surface area contributed by atoms with Crippen molar-refractivity contribution in [3.8, 4) is 11.5 Å². The number of hydrogen-bond acceptors (Lipinski definition) is 6. The number of carboxylic acid groups (broad SMARTS) is 1. The van der Waals surface area contributed by atoms with Crippen molar-refractivity contribution in [1.82, 2.24) is 15.5 Å². The summed E-state index contributed by atoms with van der Waals surface area (Å²) in [5.41, 5.74) is 4.56. The van der Waals surface area contributed by atoms with Gasteiger partial charge in [0.25, 0.3) is 0 Å². The van der Waals surface area contributed by atoms with Crippen LogP contribution in [0.2, 0.25) is 10.0 Å². The maximum Gasteiger partial charge on any atom is 0.309 e. The van der Waals surface area contributed by atoms with Gasteiger partial charge in [-0.05, 0) is 112 Å². The molecule has 3 N–H and O–H groups in total. The van der Waals surface area contributed by atoms with Gasteiger partial charge >= 0.3 is 5.97 Å². The molecular weight excluding hydrogens is 689 g/mol. The van der Waals surface area contributed by atoms with Gasteiger partial charge in [0.15, 0.2) is 0 Å². The summed E-state index contributed by atoms with van der Waals surface area (Å²) in [4.78, 5) is 40.9. The van der Waals surface area contributed by atoms with Gasteiger partial charge in [-0.25, -0.2) is 0 Å². The van der Waals surface area contributed by atoms with Crippen molar-refractivity contribution in [2.24, 2.45) is 5.41 Å². The molecule has 0 aliphatic carbocycles. The van der Waals surface area contributed by atoms with E-state index in [0.717, 1.165) is 27.8 Å². The van der Waals surface area contributed by atoms with Crippen LogP contribution in [0.1, 0.15) is 62.3 Å². The van der Waals surface area contributed by atoms with Crippen molar-refractivity contribution in [2.45, 2.75) is 78.4 Å². The molecule has 2 bridgehead atoms. The number of nitrogens with zero attached hydrogens (tertiary/aromatic N) is 1. The lowest BCUT2D eigenvalue weighted by molar-refractivity contribution is -0.148. The quantitative estimate of drug-likeness (QED) is 0.152. The first-order chi connectivity index (χ1) is 24.2. The zero-order chi connectivity index (χ0) is 36.9. The lowest BCUT2D eigenvalue weighted by Gasteiger charge is -2.44. The Labute approximate surface area is 310 Å². The molecule has 1 unspecified atom stereocenters. The Hall–Kier alpha value is -4.05. The fourth-order valence-corrected chi connectivity index (χ4v) is 7.03. The monoisotopic (exact) mass is 735 g/mol. The van der Waals surface area contributed by atoms with Crippen LogP contribution in [-0.4, -0.2) is 72.2 Å². The van der Waals surface area contributed by atoms with Crippen LogP contribution in [0.25, 0.3) is 5.57 Å². The van der Waals surface area contributed by atoms with Crippen molar-refractivity contribution in [2.75, 3.05) is 26.3 Å². The van der Waals surface area contributed by atoms with Crippen molar-refractivity contribution in [3.63, 3.8) is 0 Å². The number of amides is 2. The van der Waals surface area contributed by atoms with Crippen LogP contribution in [0.4, 0.5) is 0 Å². The maximum atomic E-state index is 14.1. The molecule has 0 saturated carbocycles. The molecule has 272 valence electrons. The molecule has 2 amide bonds. The zero-order valence-corrected chi connectivity index (χ0v) is 31.4. The number of ether oxygens (including phenoxy) is 2. The average molecular weight is 737 g/mol. The third-order valence-corrected chi connectivity index (χ3v) is 10.4. The second kappa shape index (κ2) is 16.5. The number of hydrogen-bond donors (Lipinski definition) is 3. The zero-order valence-electron chi connectivity index (χ0n) is 29.9. The Morgan fingerprint density at radius 2 is 1.67 bits per heavy atom. The summed E-state index contributed by atoms with van der Waals surface area (Å²) in [6, 6.07) is 18.4. The summed E-state index contributed by atoms with van der Waals surface area (Å²) in [5, 5.41) is 17.5. The van der Waals surface area contributed by atoms with Crippen LogP contribution in [0.3, 0.4) is 0 Å². The van der Waals surface area contributed by atoms with E-state index in [4.69, 9.17) is 32.7 Å². The number of piperazine rings is 1. The predicted molar refractivity (Wildman–Crippen MR) is 201 cm³/mol. The van der Waals surface area contributed by atoms with Crippen molar-refractivity contribution < 1.29 is 29.0 Å². The predicted octanol–water partition coefficient (Wildman–Crippen LogP) is 7.03. The highest BCUT2D eigenvalue weighted by molar-refractivity contribution is 6.32. The van der Waals surface area contributed by atoms with Gasteiger partial charge in [-0.15, -0.1) is 0 Å². The highest BCUT2D eigenvalue weighted by atomic mass is 35.5. The van der Waals surface area contributed by atoms with Crippen molar-refractivity contribution in [1.29, 1.82) is 0 Å². The first-order valence-electron chi connectivity index (χ1n) is 17.4. The van der Waals surface area contributed by atoms with Gasteiger partial charge < -0.3 is 30.1 Å². The minimum atomic E-state index is -1.01. The Morgan fingerprint density at radius 1 is 0.980 bits per heavy atom. The normalized spacial score (nSPS) is 17.9. The van der Waals surface area contributed by atoms with E-state index in [1.807, 2.05) is 81.4 Å². The Balaban J connectivity index is 1.32. The van der Waals surface area contributed by atoms with E-state index < -0.39 is 17.4 Å². The molecule has 0 aromatic heterocycles. The van der Waals surface area contributed by atoms with Gasteiger partial charge in [0.1, 0.15) is 24.7 Å². The molecule has 2 aliphatic heterocycles. The molecule has 11 heteroatoms. The number of aryl methyl sites for hydroxylation is 2. The maximum absolute atomic E-state index is 14.1. The van der Waals surface area contributed by atoms with Crippen LogP contribution < -0.4 is 20.1 Å². The van der Waals surface area contributed by atoms with E-state index in [9.17, 15) is 19.5 Å². The van der Waals surface area contributed by atoms with E-state index in [1.54, 1.807) is 18.7 Å². The van der Waals surface area contributed by atoms with Gasteiger partial charge in [0.2, 0.25) is 11.8 Å². The minimum Gasteiger partial charge on any atom is -0.490 e. The van der Waals surface area contributed by atoms with Gasteiger partial charge in [-0.1, -0.05) is 53.5 Å². The lowest BCUT2D eigenvalue weighted by Crippen LogP contribution is -2.62. The Bertz CT molecular complexity index is 1790. The molecule has 51 heavy (non-hydrogen) atoms. The van der Waals surface area contributed by atoms with Crippen LogP contribution >= 0.6 is 23.2 Å². The SMILES string of the molecule is Cc1cc(Cl)c(OCCOc2ccc(C3=C(C(=O)NC(C)Cc4ccccc4Cl)[C@H]4CN(C(=O)CCC(C)(C)C(=O)O)C[C@@H](C3)N4)cc2)cc1C. The molecule has 1 saturated heterocycles. The molecular formula is C40H47Cl2N3O6. The number of carbonyl (C=O) groups excluding carboxylic acids is 2. The molecule has 0 radical (unpaired) electrons. The number of aliphatic carboxylic acids is 1. The number of halogens is 2. The Morgan fingerprint density at radius 3 is 2.37 bits per heavy atom. The minimum absolute atomic E-state index is 0.0717. The molecule has 2 aliphatic rings. The number of rotatable bonds is 14. The molecule has 1 fully saturated rings. The first kappa shape index (κ1) is 38.2. The second-order valence-corrected chi connectivity index (χ2v) is 15.1. The van der Waals surface area contributed by atoms with E-state index in [1.165, 1.54) is 0 Å². The molecule has 3 aromatic carbocycles. The molecule has 3 aromatic rings. The van der Waals surface area contributed by atoms with Gasteiger partial charge in [0, 0.05) is 42.2 Å². The first-order valence-corrected chi connectivity index (χ1v) is 18.1. The second-order valence-electron chi connectivity index (χ2n) is 14.3. The summed E-state index contributed by atoms with van der Waals surface area (Å²) in [5.74, 6) is 0.0460. The van der Waals surface area contributed by atoms with Gasteiger partial charge in [-0.3, -0.25) is 14.4 Å². The number of nitrogens with one attached hydrogen (secondary N) is 2. The number of carbonyl (C=O) groups is 3. The molecule has 9 nitrogen and oxygen atoms in total. The summed E-state index contributed by atoms with van der Waals surface area (Å²) >= 11 is 12.8. The highest BCUT2D eigenvalue weighted by Gasteiger charge is 2.40. The van der Waals surface area contributed by atoms with Crippen LogP contribution in [0.15, 0.2) is 66.2 Å². The van der Waals surface area contributed by atoms with Crippen LogP contribution in [-0.2, 0) is 20.8 Å². The number of fused-ring (bicyclic) bond motifs is 2. The standard InChI is InChI=1S/C40H47Cl2N3O6/c1-24-18-33(42)35(19-25(24)2)51-17-16-50-30-12-10-27(11-13-30)31-21-29-22-45(36(46)14-15-40(4,5)39(48)49)23-34(44-29)37(31)38(47)43-26(3)20-28-8-6-7-9-32(28)41/h6-13,18-19,26,29,34,44H,14-17,20-23H2,1-5H3,(H,43,47)(H,48,49)/t26?,29-,34-/m1/s1. The average Bonchev–Trinajstić information content (AvgIpc) is 3.08. The van der Waals surface area contributed by atoms with Gasteiger partial charge in [-0.2, -0.15) is 0 Å². The van der Waals surface area contributed by atoms with Crippen LogP contribution in [0, 0.1) is 19.3 Å². The number of benzene rings is 3. The summed E-state index contributed by atoms with van der Waals surface area (Å²) in [6.07, 6.45) is 1.45. The molecule has 2 heterocycles. The summed E-state index contributed by atoms with van der Waals surface area (Å²) in [7, 11) is 0. The van der Waals surface area contributed by atoms with E-state index in [-0.39, 0.29) is 36.7 Å². The summed E-state index contributed by atoms with van der Waals surface area (Å²) < 4.78 is 11.8. The van der Waals surface area contributed by atoms with Crippen molar-refractivity contribution >= 4 is 46.6 Å². The van der Waals surface area contributed by atoms with E-state index in [0.29, 0.717) is 66.3 Å². The number of carboxylic acids is 1. The third kappa shape index (κ3) is 9.64. The topological polar surface area (TPSA) is 117 Å². The Kier molecular flexibility index (Phi) is 12.4.